The number of hydrogen-bond acceptors (Lipinski definition) is 3. The van der Waals surface area contributed by atoms with Gasteiger partial charge in [0.1, 0.15) is 0 Å². The third kappa shape index (κ3) is 3.58. The lowest BCUT2D eigenvalue weighted by Crippen LogP contribution is -2.40. The Labute approximate surface area is 115 Å². The first-order valence-electron chi connectivity index (χ1n) is 5.96. The van der Waals surface area contributed by atoms with Crippen molar-refractivity contribution in [1.29, 1.82) is 0 Å². The standard InChI is InChI=1S/C13H14N4O3/c18-12(19)11(10-4-2-1-3-5-10)17-13(20)14-6-9-7-15-16-8-9/h1-5,7-8,11H,6H2,(H,15,16)(H,18,19)(H2,14,17,20). The number of amides is 2. The molecular weight excluding hydrogens is 260 g/mol. The lowest BCUT2D eigenvalue weighted by Gasteiger charge is -2.15. The summed E-state index contributed by atoms with van der Waals surface area (Å²) in [6, 6.07) is 6.88. The van der Waals surface area contributed by atoms with Gasteiger partial charge < -0.3 is 15.7 Å². The number of carboxylic acid groups (broad SMARTS) is 1. The van der Waals surface area contributed by atoms with Gasteiger partial charge in [0.25, 0.3) is 0 Å². The summed E-state index contributed by atoms with van der Waals surface area (Å²) < 4.78 is 0. The lowest BCUT2D eigenvalue weighted by molar-refractivity contribution is -0.139. The van der Waals surface area contributed by atoms with Gasteiger partial charge >= 0.3 is 12.0 Å². The van der Waals surface area contributed by atoms with Gasteiger partial charge in [0.2, 0.25) is 0 Å². The Hall–Kier alpha value is -2.83. The summed E-state index contributed by atoms with van der Waals surface area (Å²) in [7, 11) is 0. The van der Waals surface area contributed by atoms with E-state index in [0.717, 1.165) is 5.56 Å². The zero-order chi connectivity index (χ0) is 14.4. The summed E-state index contributed by atoms with van der Waals surface area (Å²) in [6.07, 6.45) is 3.22. The van der Waals surface area contributed by atoms with Gasteiger partial charge in [-0.05, 0) is 5.56 Å². The zero-order valence-electron chi connectivity index (χ0n) is 10.5. The van der Waals surface area contributed by atoms with Crippen LogP contribution in [-0.4, -0.2) is 27.3 Å². The molecule has 1 unspecified atom stereocenters. The van der Waals surface area contributed by atoms with Gasteiger partial charge in [-0.1, -0.05) is 30.3 Å². The molecule has 20 heavy (non-hydrogen) atoms. The van der Waals surface area contributed by atoms with Crippen molar-refractivity contribution < 1.29 is 14.7 Å². The summed E-state index contributed by atoms with van der Waals surface area (Å²) >= 11 is 0. The fourth-order valence-electron chi connectivity index (χ4n) is 1.67. The zero-order valence-corrected chi connectivity index (χ0v) is 10.5. The molecule has 0 aliphatic carbocycles. The van der Waals surface area contributed by atoms with Crippen molar-refractivity contribution in [2.75, 3.05) is 0 Å². The third-order valence-electron chi connectivity index (χ3n) is 2.66. The first-order chi connectivity index (χ1) is 9.66. The second-order valence-electron chi connectivity index (χ2n) is 4.12. The molecule has 104 valence electrons. The monoisotopic (exact) mass is 274 g/mol. The van der Waals surface area contributed by atoms with Crippen LogP contribution in [0.2, 0.25) is 0 Å². The predicted molar refractivity (Wildman–Crippen MR) is 70.8 cm³/mol. The number of benzene rings is 1. The minimum absolute atomic E-state index is 0.267. The van der Waals surface area contributed by atoms with Gasteiger partial charge in [-0.25, -0.2) is 9.59 Å². The van der Waals surface area contributed by atoms with Crippen LogP contribution in [0.4, 0.5) is 4.79 Å². The SMILES string of the molecule is O=C(NCc1cn[nH]c1)NC(C(=O)O)c1ccccc1. The summed E-state index contributed by atoms with van der Waals surface area (Å²) in [5, 5.41) is 20.5. The molecule has 0 spiro atoms. The predicted octanol–water partition coefficient (Wildman–Crippen LogP) is 1.03. The smallest absolute Gasteiger partial charge is 0.330 e. The number of H-pyrrole nitrogens is 1. The molecule has 0 saturated carbocycles. The first kappa shape index (κ1) is 13.6. The highest BCUT2D eigenvalue weighted by Gasteiger charge is 2.21. The number of aromatic amines is 1. The van der Waals surface area contributed by atoms with E-state index < -0.39 is 18.0 Å². The maximum Gasteiger partial charge on any atom is 0.330 e. The van der Waals surface area contributed by atoms with E-state index in [1.54, 1.807) is 42.7 Å². The second-order valence-corrected chi connectivity index (χ2v) is 4.12. The number of hydrogen-bond donors (Lipinski definition) is 4. The number of nitrogens with zero attached hydrogens (tertiary/aromatic N) is 1. The van der Waals surface area contributed by atoms with Crippen LogP contribution in [0.3, 0.4) is 0 Å². The Morgan fingerprint density at radius 2 is 2.05 bits per heavy atom. The van der Waals surface area contributed by atoms with E-state index in [1.165, 1.54) is 0 Å². The highest BCUT2D eigenvalue weighted by atomic mass is 16.4. The van der Waals surface area contributed by atoms with Crippen molar-refractivity contribution in [3.05, 3.63) is 53.9 Å². The quantitative estimate of drug-likeness (QED) is 0.653. The van der Waals surface area contributed by atoms with Crippen LogP contribution in [0.1, 0.15) is 17.2 Å². The van der Waals surface area contributed by atoms with Gasteiger partial charge in [0, 0.05) is 18.3 Å². The van der Waals surface area contributed by atoms with Crippen molar-refractivity contribution in [2.45, 2.75) is 12.6 Å². The van der Waals surface area contributed by atoms with E-state index >= 15 is 0 Å². The molecule has 0 aliphatic rings. The minimum Gasteiger partial charge on any atom is -0.479 e. The summed E-state index contributed by atoms with van der Waals surface area (Å²) in [4.78, 5) is 22.9. The van der Waals surface area contributed by atoms with Crippen LogP contribution in [0.5, 0.6) is 0 Å². The number of carbonyl (C=O) groups excluding carboxylic acids is 1. The molecule has 1 aromatic heterocycles. The number of carbonyl (C=O) groups is 2. The Morgan fingerprint density at radius 1 is 1.30 bits per heavy atom. The Kier molecular flexibility index (Phi) is 4.33. The minimum atomic E-state index is -1.12. The Bertz CT molecular complexity index is 569. The van der Waals surface area contributed by atoms with Gasteiger partial charge in [-0.15, -0.1) is 0 Å². The van der Waals surface area contributed by atoms with E-state index in [0.29, 0.717) is 5.56 Å². The van der Waals surface area contributed by atoms with E-state index in [1.807, 2.05) is 0 Å². The van der Waals surface area contributed by atoms with Crippen molar-refractivity contribution in [2.24, 2.45) is 0 Å². The molecule has 7 heteroatoms. The number of aliphatic carboxylic acids is 1. The average molecular weight is 274 g/mol. The highest BCUT2D eigenvalue weighted by Crippen LogP contribution is 2.12. The number of urea groups is 1. The molecule has 2 rings (SSSR count). The van der Waals surface area contributed by atoms with E-state index in [9.17, 15) is 14.7 Å². The van der Waals surface area contributed by atoms with Gasteiger partial charge in [-0.2, -0.15) is 5.10 Å². The Balaban J connectivity index is 1.95. The lowest BCUT2D eigenvalue weighted by atomic mass is 10.1. The average Bonchev–Trinajstić information content (AvgIpc) is 2.96. The van der Waals surface area contributed by atoms with Gasteiger partial charge in [0.05, 0.1) is 6.20 Å². The van der Waals surface area contributed by atoms with Crippen molar-refractivity contribution in [3.8, 4) is 0 Å². The van der Waals surface area contributed by atoms with Crippen LogP contribution in [-0.2, 0) is 11.3 Å². The van der Waals surface area contributed by atoms with Crippen molar-refractivity contribution in [3.63, 3.8) is 0 Å². The maximum absolute atomic E-state index is 11.7. The number of carboxylic acids is 1. The third-order valence-corrected chi connectivity index (χ3v) is 2.66. The van der Waals surface area contributed by atoms with Crippen molar-refractivity contribution >= 4 is 12.0 Å². The van der Waals surface area contributed by atoms with Gasteiger partial charge in [-0.3, -0.25) is 5.10 Å². The first-order valence-corrected chi connectivity index (χ1v) is 5.96. The molecular formula is C13H14N4O3. The van der Waals surface area contributed by atoms with Crippen molar-refractivity contribution in [1.82, 2.24) is 20.8 Å². The summed E-state index contributed by atoms with van der Waals surface area (Å²) in [6.45, 7) is 0.267. The molecule has 0 bridgehead atoms. The molecule has 1 heterocycles. The highest BCUT2D eigenvalue weighted by molar-refractivity contribution is 5.83. The molecule has 4 N–H and O–H groups in total. The van der Waals surface area contributed by atoms with Gasteiger partial charge in [0.15, 0.2) is 6.04 Å². The molecule has 1 aromatic carbocycles. The molecule has 0 radical (unpaired) electrons. The summed E-state index contributed by atoms with van der Waals surface area (Å²) in [5.74, 6) is -1.12. The van der Waals surface area contributed by atoms with Crippen LogP contribution in [0.15, 0.2) is 42.7 Å². The van der Waals surface area contributed by atoms with Crippen LogP contribution in [0, 0.1) is 0 Å². The molecule has 1 atom stereocenters. The maximum atomic E-state index is 11.7. The number of nitrogens with one attached hydrogen (secondary N) is 3. The largest absolute Gasteiger partial charge is 0.479 e. The van der Waals surface area contributed by atoms with Crippen LogP contribution < -0.4 is 10.6 Å². The normalized spacial score (nSPS) is 11.6. The number of aromatic nitrogens is 2. The fraction of sp³-hybridized carbons (Fsp3) is 0.154. The number of rotatable bonds is 5. The van der Waals surface area contributed by atoms with Crippen LogP contribution >= 0.6 is 0 Å². The fourth-order valence-corrected chi connectivity index (χ4v) is 1.67. The molecule has 2 aromatic rings. The Morgan fingerprint density at radius 3 is 2.65 bits per heavy atom. The molecule has 2 amide bonds. The van der Waals surface area contributed by atoms with E-state index in [-0.39, 0.29) is 6.54 Å². The molecule has 0 fully saturated rings. The van der Waals surface area contributed by atoms with E-state index in [2.05, 4.69) is 20.8 Å². The second kappa shape index (κ2) is 6.37. The van der Waals surface area contributed by atoms with E-state index in [4.69, 9.17) is 0 Å². The topological polar surface area (TPSA) is 107 Å². The summed E-state index contributed by atoms with van der Waals surface area (Å²) in [5.41, 5.74) is 1.31. The molecule has 0 aliphatic heterocycles. The van der Waals surface area contributed by atoms with Crippen LogP contribution in [0.25, 0.3) is 0 Å². The molecule has 0 saturated heterocycles. The molecule has 7 nitrogen and oxygen atoms in total.